The van der Waals surface area contributed by atoms with Crippen LogP contribution in [-0.4, -0.2) is 14.8 Å². The molecule has 0 unspecified atom stereocenters. The molecule has 1 heterocycles. The zero-order valence-electron chi connectivity index (χ0n) is 28.9. The van der Waals surface area contributed by atoms with Crippen molar-refractivity contribution >= 4 is 0 Å². The molecule has 2 saturated carbocycles. The Kier molecular flexibility index (Phi) is 7.50. The van der Waals surface area contributed by atoms with E-state index in [9.17, 15) is 0 Å². The Morgan fingerprint density at radius 1 is 0.660 bits per heavy atom. The Morgan fingerprint density at radius 3 is 1.91 bits per heavy atom. The van der Waals surface area contributed by atoms with Gasteiger partial charge in [0.05, 0.1) is 5.69 Å². The van der Waals surface area contributed by atoms with Crippen LogP contribution in [0.5, 0.6) is 0 Å². The van der Waals surface area contributed by atoms with E-state index >= 15 is 0 Å². The van der Waals surface area contributed by atoms with Crippen molar-refractivity contribution in [1.82, 2.24) is 14.8 Å². The highest BCUT2D eigenvalue weighted by molar-refractivity contribution is 5.82. The van der Waals surface area contributed by atoms with Gasteiger partial charge in [-0.2, -0.15) is 5.10 Å². The number of unbranched alkanes of at least 4 members (excludes halogenated alkanes) is 1. The minimum Gasteiger partial charge on any atom is -0.212 e. The van der Waals surface area contributed by atoms with Crippen LogP contribution in [0.1, 0.15) is 126 Å². The zero-order valence-corrected chi connectivity index (χ0v) is 28.9. The van der Waals surface area contributed by atoms with E-state index in [2.05, 4.69) is 124 Å². The summed E-state index contributed by atoms with van der Waals surface area (Å²) >= 11 is 0. The lowest BCUT2D eigenvalue weighted by molar-refractivity contribution is 0.299. The lowest BCUT2D eigenvalue weighted by atomic mass is 9.55. The van der Waals surface area contributed by atoms with Crippen LogP contribution in [0, 0.1) is 0 Å². The van der Waals surface area contributed by atoms with Gasteiger partial charge in [-0.05, 0) is 107 Å². The van der Waals surface area contributed by atoms with Crippen LogP contribution >= 0.6 is 0 Å². The fourth-order valence-electron chi connectivity index (χ4n) is 9.84. The molecule has 8 rings (SSSR count). The van der Waals surface area contributed by atoms with Gasteiger partial charge in [0.15, 0.2) is 11.6 Å². The van der Waals surface area contributed by atoms with Gasteiger partial charge >= 0.3 is 0 Å². The molecule has 3 aliphatic rings. The van der Waals surface area contributed by atoms with Crippen molar-refractivity contribution in [2.75, 3.05) is 0 Å². The van der Waals surface area contributed by atoms with Gasteiger partial charge in [-0.3, -0.25) is 0 Å². The van der Waals surface area contributed by atoms with Gasteiger partial charge < -0.3 is 0 Å². The van der Waals surface area contributed by atoms with Gasteiger partial charge in [0, 0.05) is 22.8 Å². The Morgan fingerprint density at radius 2 is 1.28 bits per heavy atom. The standard InChI is InChI=1S/C44H49N3/c1-6-7-19-40-45-42(47(46-40)41-35(29(2)3)27-33(28-36(41)30(4)5)31-15-9-8-10-16-31)32-20-21-39-37(26-32)34-17-11-12-18-38(34)43-22-13-24-44(39,43)25-14-23-43/h8-12,15-18,20-21,26-30H,6-7,13-14,19,22-25H2,1-5H3. The maximum Gasteiger partial charge on any atom is 0.163 e. The van der Waals surface area contributed by atoms with Crippen LogP contribution in [0.3, 0.4) is 0 Å². The van der Waals surface area contributed by atoms with Crippen molar-refractivity contribution in [1.29, 1.82) is 0 Å². The minimum absolute atomic E-state index is 0.276. The number of aryl methyl sites for hydroxylation is 1. The quantitative estimate of drug-likeness (QED) is 0.173. The molecule has 0 radical (unpaired) electrons. The van der Waals surface area contributed by atoms with E-state index in [1.807, 2.05) is 0 Å². The molecule has 0 spiro atoms. The monoisotopic (exact) mass is 619 g/mol. The molecule has 240 valence electrons. The molecule has 4 aromatic carbocycles. The summed E-state index contributed by atoms with van der Waals surface area (Å²) in [5.41, 5.74) is 14.2. The van der Waals surface area contributed by atoms with Gasteiger partial charge in [-0.15, -0.1) is 0 Å². The fourth-order valence-corrected chi connectivity index (χ4v) is 9.84. The zero-order chi connectivity index (χ0) is 32.3. The highest BCUT2D eigenvalue weighted by atomic mass is 15.4. The van der Waals surface area contributed by atoms with Gasteiger partial charge in [0.1, 0.15) is 0 Å². The first-order chi connectivity index (χ1) is 22.9. The molecular weight excluding hydrogens is 571 g/mol. The topological polar surface area (TPSA) is 30.7 Å². The molecule has 0 amide bonds. The second-order valence-electron chi connectivity index (χ2n) is 15.2. The summed E-state index contributed by atoms with van der Waals surface area (Å²) in [6, 6.07) is 32.4. The first-order valence-corrected chi connectivity index (χ1v) is 18.3. The highest BCUT2D eigenvalue weighted by Gasteiger charge is 2.62. The van der Waals surface area contributed by atoms with Crippen LogP contribution in [0.2, 0.25) is 0 Å². The van der Waals surface area contributed by atoms with E-state index in [1.165, 1.54) is 83.2 Å². The van der Waals surface area contributed by atoms with Crippen molar-refractivity contribution in [2.24, 2.45) is 0 Å². The lowest BCUT2D eigenvalue weighted by Crippen LogP contribution is -2.43. The summed E-state index contributed by atoms with van der Waals surface area (Å²) in [5, 5.41) is 5.35. The third-order valence-electron chi connectivity index (χ3n) is 12.0. The molecule has 3 aliphatic carbocycles. The number of rotatable bonds is 8. The fraction of sp³-hybridized carbons (Fsp3) is 0.409. The molecule has 0 bridgehead atoms. The number of hydrogen-bond donors (Lipinski definition) is 0. The SMILES string of the molecule is CCCCc1nc(-c2ccc3c(c2)-c2ccccc2C24CCCC32CCC4)n(-c2c(C(C)C)cc(-c3ccccc3)cc2C(C)C)n1. The Hall–Kier alpha value is -3.98. The maximum atomic E-state index is 5.36. The third kappa shape index (κ3) is 4.60. The summed E-state index contributed by atoms with van der Waals surface area (Å²) in [5.74, 6) is 2.57. The van der Waals surface area contributed by atoms with E-state index in [4.69, 9.17) is 10.1 Å². The van der Waals surface area contributed by atoms with Gasteiger partial charge in [0.25, 0.3) is 0 Å². The number of aromatic nitrogens is 3. The first-order valence-electron chi connectivity index (χ1n) is 18.3. The summed E-state index contributed by atoms with van der Waals surface area (Å²) in [6.45, 7) is 11.5. The molecule has 47 heavy (non-hydrogen) atoms. The van der Waals surface area contributed by atoms with Crippen molar-refractivity contribution in [3.63, 3.8) is 0 Å². The first kappa shape index (κ1) is 30.4. The molecular formula is C44H49N3. The van der Waals surface area contributed by atoms with E-state index in [0.29, 0.717) is 17.3 Å². The molecule has 3 heteroatoms. The Bertz CT molecular complexity index is 1900. The maximum absolute atomic E-state index is 5.36. The summed E-state index contributed by atoms with van der Waals surface area (Å²) in [7, 11) is 0. The number of fused-ring (bicyclic) bond motifs is 3. The van der Waals surface area contributed by atoms with Crippen LogP contribution in [0.25, 0.3) is 39.3 Å². The van der Waals surface area contributed by atoms with Gasteiger partial charge in [-0.1, -0.05) is 121 Å². The van der Waals surface area contributed by atoms with Crippen molar-refractivity contribution in [3.05, 3.63) is 113 Å². The summed E-state index contributed by atoms with van der Waals surface area (Å²) in [4.78, 5) is 5.36. The summed E-state index contributed by atoms with van der Waals surface area (Å²) < 4.78 is 2.23. The predicted octanol–water partition coefficient (Wildman–Crippen LogP) is 11.7. The predicted molar refractivity (Wildman–Crippen MR) is 196 cm³/mol. The van der Waals surface area contributed by atoms with E-state index in [0.717, 1.165) is 30.9 Å². The Balaban J connectivity index is 1.35. The smallest absolute Gasteiger partial charge is 0.163 e. The normalized spacial score (nSPS) is 21.2. The molecule has 0 saturated heterocycles. The number of hydrogen-bond acceptors (Lipinski definition) is 2. The van der Waals surface area contributed by atoms with Crippen LogP contribution in [0.4, 0.5) is 0 Å². The summed E-state index contributed by atoms with van der Waals surface area (Å²) in [6.07, 6.45) is 11.1. The molecule has 2 fully saturated rings. The lowest BCUT2D eigenvalue weighted by Gasteiger charge is -2.47. The van der Waals surface area contributed by atoms with Crippen molar-refractivity contribution in [3.8, 4) is 39.3 Å². The molecule has 5 aromatic rings. The second-order valence-corrected chi connectivity index (χ2v) is 15.2. The average molecular weight is 620 g/mol. The molecule has 0 N–H and O–H groups in total. The van der Waals surface area contributed by atoms with Gasteiger partial charge in [-0.25, -0.2) is 9.67 Å². The average Bonchev–Trinajstić information content (AvgIpc) is 3.80. The van der Waals surface area contributed by atoms with Crippen LogP contribution < -0.4 is 0 Å². The van der Waals surface area contributed by atoms with E-state index < -0.39 is 0 Å². The number of nitrogens with zero attached hydrogens (tertiary/aromatic N) is 3. The van der Waals surface area contributed by atoms with Crippen molar-refractivity contribution < 1.29 is 0 Å². The van der Waals surface area contributed by atoms with Gasteiger partial charge in [0.2, 0.25) is 0 Å². The minimum atomic E-state index is 0.276. The number of benzene rings is 4. The largest absolute Gasteiger partial charge is 0.212 e. The Labute approximate surface area is 281 Å². The molecule has 3 nitrogen and oxygen atoms in total. The second kappa shape index (κ2) is 11.6. The molecule has 0 aliphatic heterocycles. The van der Waals surface area contributed by atoms with E-state index in [-0.39, 0.29) is 5.41 Å². The van der Waals surface area contributed by atoms with Crippen molar-refractivity contribution in [2.45, 2.75) is 115 Å². The third-order valence-corrected chi connectivity index (χ3v) is 12.0. The van der Waals surface area contributed by atoms with Crippen LogP contribution in [-0.2, 0) is 17.3 Å². The molecule has 0 atom stereocenters. The van der Waals surface area contributed by atoms with Crippen LogP contribution in [0.15, 0.2) is 84.9 Å². The molecule has 1 aromatic heterocycles. The van der Waals surface area contributed by atoms with E-state index in [1.54, 1.807) is 11.1 Å². The highest BCUT2D eigenvalue weighted by Crippen LogP contribution is 2.69.